The summed E-state index contributed by atoms with van der Waals surface area (Å²) in [6.45, 7) is 17.3. The Kier molecular flexibility index (Phi) is 18.4. The number of esters is 1. The maximum atomic E-state index is 14.7. The van der Waals surface area contributed by atoms with Gasteiger partial charge in [0.15, 0.2) is 18.9 Å². The van der Waals surface area contributed by atoms with Crippen LogP contribution in [0.1, 0.15) is 119 Å². The fraction of sp³-hybridized carbons (Fsp3) is 0.915. The number of hydrogen-bond donors (Lipinski definition) is 14. The van der Waals surface area contributed by atoms with Gasteiger partial charge in [0.1, 0.15) is 91.6 Å². The molecule has 32 atom stereocenters. The largest absolute Gasteiger partial charge is 0.432 e. The average molecular weight is 1190 g/mol. The lowest BCUT2D eigenvalue weighted by Crippen LogP contribution is -2.67. The molecule has 24 nitrogen and oxygen atoms in total. The molecule has 10 aliphatic rings. The van der Waals surface area contributed by atoms with Crippen molar-refractivity contribution in [3.05, 3.63) is 23.8 Å². The summed E-state index contributed by atoms with van der Waals surface area (Å²) in [7, 11) is 0. The van der Waals surface area contributed by atoms with E-state index in [1.54, 1.807) is 0 Å². The van der Waals surface area contributed by atoms with Gasteiger partial charge in [-0.15, -0.1) is 0 Å². The molecule has 4 heterocycles. The number of carbonyl (C=O) groups is 1. The second kappa shape index (κ2) is 23.8. The Morgan fingerprint density at radius 2 is 1.25 bits per heavy atom. The fourth-order valence-electron chi connectivity index (χ4n) is 17.6. The van der Waals surface area contributed by atoms with Crippen molar-refractivity contribution in [3.63, 3.8) is 0 Å². The zero-order valence-electron chi connectivity index (χ0n) is 48.7. The molecule has 0 amide bonds. The summed E-state index contributed by atoms with van der Waals surface area (Å²) in [4.78, 5) is 14.7. The fourth-order valence-corrected chi connectivity index (χ4v) is 17.6. The first-order valence-electron chi connectivity index (χ1n) is 30.2. The molecule has 0 bridgehead atoms. The standard InChI is InChI=1S/C59H94O24/c1-24-11-16-59(54(74)83-51-45(72)43(70)40(67)32(22-61)79-51)18-17-57(7)28(29(59)19-24)9-10-34-56(6)14-13-35(55(4,5)33(56)12-15-58(34,57)8)80-53-49(47(30(62)23-75-53)78-31-20-27(21-60)38(65)42(69)39(31)66)82-52-46(73)48(37(64)26(3)77-52)81-50-44(71)41(68)36(63)25(2)76-50/h9,25-27,29-53,60-73H,1,10-23H2,2-8H3. The molecule has 14 N–H and O–H groups in total. The molecule has 9 fully saturated rings. The van der Waals surface area contributed by atoms with Crippen molar-refractivity contribution in [1.29, 1.82) is 0 Å². The molecule has 32 unspecified atom stereocenters. The molecule has 0 radical (unpaired) electrons. The van der Waals surface area contributed by atoms with Crippen LogP contribution >= 0.6 is 0 Å². The highest BCUT2D eigenvalue weighted by Gasteiger charge is 2.70. The summed E-state index contributed by atoms with van der Waals surface area (Å²) in [5.41, 5.74) is -0.125. The molecule has 0 aromatic rings. The summed E-state index contributed by atoms with van der Waals surface area (Å²) in [6, 6.07) is 0. The van der Waals surface area contributed by atoms with Crippen molar-refractivity contribution in [2.24, 2.45) is 50.7 Å². The van der Waals surface area contributed by atoms with E-state index in [4.69, 9.17) is 42.6 Å². The molecular formula is C59H94O24. The van der Waals surface area contributed by atoms with Crippen LogP contribution in [-0.4, -0.2) is 245 Å². The summed E-state index contributed by atoms with van der Waals surface area (Å²) < 4.78 is 55.9. The molecule has 24 heteroatoms. The Labute approximate surface area is 484 Å². The lowest BCUT2D eigenvalue weighted by molar-refractivity contribution is -0.386. The Bertz CT molecular complexity index is 2340. The summed E-state index contributed by atoms with van der Waals surface area (Å²) in [5, 5.41) is 152. The number of rotatable bonds is 12. The van der Waals surface area contributed by atoms with Gasteiger partial charge in [0.25, 0.3) is 0 Å². The number of aliphatic hydroxyl groups excluding tert-OH is 14. The van der Waals surface area contributed by atoms with E-state index in [1.165, 1.54) is 19.4 Å². The zero-order valence-corrected chi connectivity index (χ0v) is 48.7. The van der Waals surface area contributed by atoms with Gasteiger partial charge in [-0.05, 0) is 118 Å². The Balaban J connectivity index is 0.908. The second-order valence-corrected chi connectivity index (χ2v) is 27.7. The molecule has 4 aliphatic heterocycles. The van der Waals surface area contributed by atoms with E-state index in [9.17, 15) is 76.3 Å². The minimum absolute atomic E-state index is 0.0841. The Morgan fingerprint density at radius 1 is 0.614 bits per heavy atom. The van der Waals surface area contributed by atoms with Gasteiger partial charge in [-0.1, -0.05) is 58.4 Å². The van der Waals surface area contributed by atoms with Crippen LogP contribution in [0.3, 0.4) is 0 Å². The molecule has 474 valence electrons. The lowest BCUT2D eigenvalue weighted by Gasteiger charge is -2.71. The monoisotopic (exact) mass is 1190 g/mol. The van der Waals surface area contributed by atoms with Crippen LogP contribution in [0.25, 0.3) is 0 Å². The van der Waals surface area contributed by atoms with E-state index in [0.29, 0.717) is 38.5 Å². The quantitative estimate of drug-likeness (QED) is 0.0612. The summed E-state index contributed by atoms with van der Waals surface area (Å²) in [5.74, 6) is -1.45. The van der Waals surface area contributed by atoms with Gasteiger partial charge in [0.2, 0.25) is 6.29 Å². The molecule has 6 aliphatic carbocycles. The van der Waals surface area contributed by atoms with Crippen LogP contribution in [-0.2, 0) is 47.4 Å². The lowest BCUT2D eigenvalue weighted by atomic mass is 9.34. The van der Waals surface area contributed by atoms with Crippen molar-refractivity contribution in [3.8, 4) is 0 Å². The van der Waals surface area contributed by atoms with Crippen LogP contribution < -0.4 is 0 Å². The van der Waals surface area contributed by atoms with Crippen LogP contribution in [0.2, 0.25) is 0 Å². The zero-order chi connectivity index (χ0) is 60.4. The third kappa shape index (κ3) is 10.6. The first-order valence-corrected chi connectivity index (χ1v) is 30.2. The van der Waals surface area contributed by atoms with Gasteiger partial charge in [-0.3, -0.25) is 4.79 Å². The number of aliphatic hydroxyl groups is 14. The maximum absolute atomic E-state index is 14.7. The first kappa shape index (κ1) is 64.1. The summed E-state index contributed by atoms with van der Waals surface area (Å²) in [6.07, 6.45) is -26.9. The second-order valence-electron chi connectivity index (χ2n) is 27.7. The van der Waals surface area contributed by atoms with E-state index in [2.05, 4.69) is 47.3 Å². The molecule has 10 rings (SSSR count). The number of fused-ring (bicyclic) bond motifs is 7. The molecule has 0 spiro atoms. The van der Waals surface area contributed by atoms with E-state index in [1.807, 2.05) is 0 Å². The number of hydrogen-bond acceptors (Lipinski definition) is 24. The van der Waals surface area contributed by atoms with Gasteiger partial charge >= 0.3 is 5.97 Å². The Hall–Kier alpha value is -1.93. The van der Waals surface area contributed by atoms with Gasteiger partial charge in [0, 0.05) is 18.4 Å². The SMILES string of the molecule is C=C1CCC2(C(=O)OC3OC(CO)C(O)C(O)C3O)CCC3(C)C(=CCC4C5(C)CCC(OC6OCC(O)C(OC7CC(CO)C(O)C(O)C7O)C6OC6OC(C)C(O)C(OC7OC(C)C(O)C(O)C7O)C6O)C(C)(C)C5CCC43C)C2C1. The van der Waals surface area contributed by atoms with Gasteiger partial charge in [-0.2, -0.15) is 0 Å². The average Bonchev–Trinajstić information content (AvgIpc) is 1.35. The minimum Gasteiger partial charge on any atom is -0.432 e. The Morgan fingerprint density at radius 3 is 1.94 bits per heavy atom. The van der Waals surface area contributed by atoms with Crippen molar-refractivity contribution in [1.82, 2.24) is 0 Å². The van der Waals surface area contributed by atoms with Crippen molar-refractivity contribution >= 4 is 5.97 Å². The number of ether oxygens (including phenoxy) is 9. The van der Waals surface area contributed by atoms with E-state index in [-0.39, 0.29) is 47.0 Å². The van der Waals surface area contributed by atoms with Crippen LogP contribution in [0.5, 0.6) is 0 Å². The van der Waals surface area contributed by atoms with Gasteiger partial charge in [0.05, 0.1) is 49.1 Å². The van der Waals surface area contributed by atoms with Crippen LogP contribution in [0.15, 0.2) is 23.8 Å². The van der Waals surface area contributed by atoms with Crippen LogP contribution in [0.4, 0.5) is 0 Å². The predicted octanol–water partition coefficient (Wildman–Crippen LogP) is -1.32. The molecular weight excluding hydrogens is 1090 g/mol. The molecule has 4 saturated heterocycles. The highest BCUT2D eigenvalue weighted by atomic mass is 16.8. The molecule has 0 aromatic carbocycles. The molecule has 0 aromatic heterocycles. The normalized spacial score (nSPS) is 54.5. The third-order valence-electron chi connectivity index (χ3n) is 23.0. The molecule has 5 saturated carbocycles. The van der Waals surface area contributed by atoms with Crippen molar-refractivity contribution in [2.45, 2.75) is 266 Å². The van der Waals surface area contributed by atoms with Crippen LogP contribution in [0, 0.1) is 50.7 Å². The van der Waals surface area contributed by atoms with E-state index < -0.39 is 183 Å². The minimum atomic E-state index is -1.86. The van der Waals surface area contributed by atoms with E-state index in [0.717, 1.165) is 31.3 Å². The topological polar surface area (TPSA) is 383 Å². The highest BCUT2D eigenvalue weighted by Crippen LogP contribution is 2.75. The van der Waals surface area contributed by atoms with Crippen molar-refractivity contribution < 1.29 is 119 Å². The summed E-state index contributed by atoms with van der Waals surface area (Å²) >= 11 is 0. The van der Waals surface area contributed by atoms with E-state index >= 15 is 0 Å². The number of carbonyl (C=O) groups excluding carboxylic acids is 1. The van der Waals surface area contributed by atoms with Gasteiger partial charge in [-0.25, -0.2) is 0 Å². The maximum Gasteiger partial charge on any atom is 0.315 e. The smallest absolute Gasteiger partial charge is 0.315 e. The van der Waals surface area contributed by atoms with Crippen molar-refractivity contribution in [2.75, 3.05) is 19.8 Å². The van der Waals surface area contributed by atoms with Gasteiger partial charge < -0.3 is 114 Å². The number of allylic oxidation sites excluding steroid dienone is 3. The predicted molar refractivity (Wildman–Crippen MR) is 285 cm³/mol. The highest BCUT2D eigenvalue weighted by molar-refractivity contribution is 5.79. The third-order valence-corrected chi connectivity index (χ3v) is 23.0. The first-order chi connectivity index (χ1) is 39.0. The molecule has 83 heavy (non-hydrogen) atoms.